The first-order valence-corrected chi connectivity index (χ1v) is 8.81. The van der Waals surface area contributed by atoms with E-state index in [2.05, 4.69) is 33.7 Å². The number of amides is 1. The number of nitrogens with zero attached hydrogens (tertiary/aromatic N) is 6. The Labute approximate surface area is 147 Å². The lowest BCUT2D eigenvalue weighted by molar-refractivity contribution is 0.0702. The number of piperidine rings is 1. The van der Waals surface area contributed by atoms with Gasteiger partial charge in [-0.15, -0.1) is 10.2 Å². The summed E-state index contributed by atoms with van der Waals surface area (Å²) in [4.78, 5) is 14.5. The Morgan fingerprint density at radius 1 is 1.36 bits per heavy atom. The van der Waals surface area contributed by atoms with E-state index in [-0.39, 0.29) is 5.91 Å². The fourth-order valence-electron chi connectivity index (χ4n) is 3.23. The largest absolute Gasteiger partial charge is 0.383 e. The molecule has 0 aromatic carbocycles. The maximum absolute atomic E-state index is 12.6. The van der Waals surface area contributed by atoms with E-state index in [9.17, 15) is 4.79 Å². The molecule has 0 N–H and O–H groups in total. The molecule has 2 aromatic rings. The van der Waals surface area contributed by atoms with Gasteiger partial charge >= 0.3 is 0 Å². The number of likely N-dealkylation sites (tertiary alicyclic amines) is 1. The van der Waals surface area contributed by atoms with Crippen LogP contribution in [0.1, 0.15) is 55.0 Å². The maximum Gasteiger partial charge on any atom is 0.274 e. The zero-order valence-corrected chi connectivity index (χ0v) is 15.1. The lowest BCUT2D eigenvalue weighted by Gasteiger charge is -2.31. The summed E-state index contributed by atoms with van der Waals surface area (Å²) < 4.78 is 8.91. The quantitative estimate of drug-likeness (QED) is 0.796. The molecule has 2 aromatic heterocycles. The second-order valence-electron chi connectivity index (χ2n) is 6.71. The van der Waals surface area contributed by atoms with Crippen LogP contribution < -0.4 is 0 Å². The van der Waals surface area contributed by atoms with Gasteiger partial charge in [-0.1, -0.05) is 0 Å². The highest BCUT2D eigenvalue weighted by Crippen LogP contribution is 2.28. The van der Waals surface area contributed by atoms with Crippen molar-refractivity contribution in [2.75, 3.05) is 26.8 Å². The SMILES string of the molecule is COCCn1ccc(C(=O)N2CCC(c3nncn3C(C)C)CC2)n1. The smallest absolute Gasteiger partial charge is 0.274 e. The molecule has 1 fully saturated rings. The molecule has 136 valence electrons. The van der Waals surface area contributed by atoms with Crippen LogP contribution in [0.2, 0.25) is 0 Å². The topological polar surface area (TPSA) is 78.1 Å². The number of carbonyl (C=O) groups excluding carboxylic acids is 1. The van der Waals surface area contributed by atoms with Crippen molar-refractivity contribution in [2.24, 2.45) is 0 Å². The molecular formula is C17H26N6O2. The van der Waals surface area contributed by atoms with Crippen LogP contribution in [0.5, 0.6) is 0 Å². The highest BCUT2D eigenvalue weighted by atomic mass is 16.5. The maximum atomic E-state index is 12.6. The normalized spacial score (nSPS) is 15.9. The number of hydrogen-bond donors (Lipinski definition) is 0. The number of carbonyl (C=O) groups is 1. The minimum Gasteiger partial charge on any atom is -0.383 e. The molecule has 0 saturated carbocycles. The summed E-state index contributed by atoms with van der Waals surface area (Å²) in [6, 6.07) is 2.13. The predicted molar refractivity (Wildman–Crippen MR) is 92.4 cm³/mol. The van der Waals surface area contributed by atoms with Crippen molar-refractivity contribution in [1.29, 1.82) is 0 Å². The van der Waals surface area contributed by atoms with Gasteiger partial charge in [0, 0.05) is 38.4 Å². The summed E-state index contributed by atoms with van der Waals surface area (Å²) in [5, 5.41) is 12.7. The first-order chi connectivity index (χ1) is 12.1. The van der Waals surface area contributed by atoms with E-state index in [1.54, 1.807) is 24.2 Å². The second kappa shape index (κ2) is 7.77. The van der Waals surface area contributed by atoms with Crippen molar-refractivity contribution >= 4 is 5.91 Å². The summed E-state index contributed by atoms with van der Waals surface area (Å²) in [6.45, 7) is 6.93. The van der Waals surface area contributed by atoms with Crippen LogP contribution >= 0.6 is 0 Å². The van der Waals surface area contributed by atoms with Gasteiger partial charge in [0.1, 0.15) is 17.8 Å². The number of rotatable bonds is 6. The number of methoxy groups -OCH3 is 1. The second-order valence-corrected chi connectivity index (χ2v) is 6.71. The molecule has 1 amide bonds. The van der Waals surface area contributed by atoms with E-state index in [0.29, 0.717) is 30.8 Å². The van der Waals surface area contributed by atoms with E-state index < -0.39 is 0 Å². The molecule has 8 heteroatoms. The van der Waals surface area contributed by atoms with Gasteiger partial charge < -0.3 is 14.2 Å². The first kappa shape index (κ1) is 17.6. The van der Waals surface area contributed by atoms with E-state index in [0.717, 1.165) is 31.8 Å². The highest BCUT2D eigenvalue weighted by molar-refractivity contribution is 5.92. The molecule has 0 bridgehead atoms. The number of hydrogen-bond acceptors (Lipinski definition) is 5. The van der Waals surface area contributed by atoms with Gasteiger partial charge in [-0.2, -0.15) is 5.10 Å². The molecule has 3 rings (SSSR count). The molecule has 8 nitrogen and oxygen atoms in total. The predicted octanol–water partition coefficient (Wildman–Crippen LogP) is 1.72. The highest BCUT2D eigenvalue weighted by Gasteiger charge is 2.28. The number of aromatic nitrogens is 5. The van der Waals surface area contributed by atoms with Gasteiger partial charge in [0.05, 0.1) is 13.2 Å². The molecule has 25 heavy (non-hydrogen) atoms. The van der Waals surface area contributed by atoms with Crippen LogP contribution in [0.4, 0.5) is 0 Å². The molecule has 0 aliphatic carbocycles. The Bertz CT molecular complexity index is 700. The van der Waals surface area contributed by atoms with E-state index in [1.807, 2.05) is 11.1 Å². The Morgan fingerprint density at radius 2 is 2.12 bits per heavy atom. The molecule has 3 heterocycles. The summed E-state index contributed by atoms with van der Waals surface area (Å²) in [5.41, 5.74) is 0.500. The average Bonchev–Trinajstić information content (AvgIpc) is 3.29. The molecule has 0 radical (unpaired) electrons. The van der Waals surface area contributed by atoms with Crippen molar-refractivity contribution < 1.29 is 9.53 Å². The fraction of sp³-hybridized carbons (Fsp3) is 0.647. The van der Waals surface area contributed by atoms with Gasteiger partial charge in [0.2, 0.25) is 0 Å². The molecule has 0 atom stereocenters. The summed E-state index contributed by atoms with van der Waals surface area (Å²) in [5.74, 6) is 1.39. The van der Waals surface area contributed by atoms with Crippen molar-refractivity contribution in [1.82, 2.24) is 29.4 Å². The summed E-state index contributed by atoms with van der Waals surface area (Å²) in [6.07, 6.45) is 5.43. The molecule has 1 aliphatic heterocycles. The van der Waals surface area contributed by atoms with E-state index >= 15 is 0 Å². The van der Waals surface area contributed by atoms with E-state index in [1.165, 1.54) is 0 Å². The van der Waals surface area contributed by atoms with Crippen molar-refractivity contribution in [2.45, 2.75) is 45.2 Å². The lowest BCUT2D eigenvalue weighted by atomic mass is 9.95. The van der Waals surface area contributed by atoms with Crippen LogP contribution in [0.25, 0.3) is 0 Å². The van der Waals surface area contributed by atoms with Crippen LogP contribution in [-0.2, 0) is 11.3 Å². The molecule has 0 spiro atoms. The van der Waals surface area contributed by atoms with Gasteiger partial charge in [-0.25, -0.2) is 0 Å². The van der Waals surface area contributed by atoms with Gasteiger partial charge in [0.25, 0.3) is 5.91 Å². The first-order valence-electron chi connectivity index (χ1n) is 8.81. The zero-order valence-electron chi connectivity index (χ0n) is 15.1. The lowest BCUT2D eigenvalue weighted by Crippen LogP contribution is -2.38. The Kier molecular flexibility index (Phi) is 5.47. The molecule has 0 unspecified atom stereocenters. The minimum atomic E-state index is -0.0000525. The summed E-state index contributed by atoms with van der Waals surface area (Å²) in [7, 11) is 1.65. The standard InChI is InChI=1S/C17H26N6O2/c1-13(2)23-12-18-19-16(23)14-4-7-21(8-5-14)17(24)15-6-9-22(20-15)10-11-25-3/h6,9,12-14H,4-5,7-8,10-11H2,1-3H3. The van der Waals surface area contributed by atoms with Gasteiger partial charge in [-0.05, 0) is 32.8 Å². The Balaban J connectivity index is 1.59. The summed E-state index contributed by atoms with van der Waals surface area (Å²) >= 11 is 0. The fourth-order valence-corrected chi connectivity index (χ4v) is 3.23. The van der Waals surface area contributed by atoms with Gasteiger partial charge in [0.15, 0.2) is 0 Å². The third-order valence-corrected chi connectivity index (χ3v) is 4.69. The third-order valence-electron chi connectivity index (χ3n) is 4.69. The van der Waals surface area contributed by atoms with Crippen LogP contribution in [0, 0.1) is 0 Å². The zero-order chi connectivity index (χ0) is 17.8. The van der Waals surface area contributed by atoms with Crippen LogP contribution in [0.15, 0.2) is 18.6 Å². The third kappa shape index (κ3) is 3.89. The molecule has 1 saturated heterocycles. The molecular weight excluding hydrogens is 320 g/mol. The number of ether oxygens (including phenoxy) is 1. The van der Waals surface area contributed by atoms with Crippen molar-refractivity contribution in [3.05, 3.63) is 30.1 Å². The monoisotopic (exact) mass is 346 g/mol. The van der Waals surface area contributed by atoms with Gasteiger partial charge in [-0.3, -0.25) is 9.48 Å². The van der Waals surface area contributed by atoms with E-state index in [4.69, 9.17) is 4.74 Å². The van der Waals surface area contributed by atoms with Crippen molar-refractivity contribution in [3.8, 4) is 0 Å². The Hall–Kier alpha value is -2.22. The molecule has 1 aliphatic rings. The average molecular weight is 346 g/mol. The van der Waals surface area contributed by atoms with Crippen molar-refractivity contribution in [3.63, 3.8) is 0 Å². The van der Waals surface area contributed by atoms with Crippen LogP contribution in [0.3, 0.4) is 0 Å². The minimum absolute atomic E-state index is 0.0000525. The Morgan fingerprint density at radius 3 is 2.80 bits per heavy atom. The van der Waals surface area contributed by atoms with Crippen LogP contribution in [-0.4, -0.2) is 62.2 Å².